The lowest BCUT2D eigenvalue weighted by Gasteiger charge is -2.28. The molecule has 0 saturated heterocycles. The summed E-state index contributed by atoms with van der Waals surface area (Å²) in [6.07, 6.45) is -8.24. The van der Waals surface area contributed by atoms with Gasteiger partial charge in [0, 0.05) is 31.6 Å². The molecular weight excluding hydrogens is 666 g/mol. The summed E-state index contributed by atoms with van der Waals surface area (Å²) in [5.74, 6) is 1.02. The minimum absolute atomic E-state index is 0.110. The Hall–Kier alpha value is -3.86. The second kappa shape index (κ2) is 14.7. The van der Waals surface area contributed by atoms with E-state index < -0.39 is 50.1 Å². The molecule has 17 heteroatoms. The molecule has 1 aliphatic rings. The number of rotatable bonds is 11. The third-order valence-corrected chi connectivity index (χ3v) is 9.04. The number of amides is 1. The van der Waals surface area contributed by atoms with E-state index in [1.54, 1.807) is 20.8 Å². The average Bonchev–Trinajstić information content (AvgIpc) is 2.99. The molecule has 1 aromatic heterocycles. The van der Waals surface area contributed by atoms with E-state index in [0.717, 1.165) is 5.39 Å². The summed E-state index contributed by atoms with van der Waals surface area (Å²) in [4.78, 5) is 20.0. The van der Waals surface area contributed by atoms with Crippen molar-refractivity contribution in [3.63, 3.8) is 0 Å². The monoisotopic (exact) mass is 704 g/mol. The molecule has 0 radical (unpaired) electrons. The number of para-hydroxylation sites is 1. The first-order chi connectivity index (χ1) is 22.3. The molecular formula is C31H38F6N6O4S. The smallest absolute Gasteiger partial charge is 0.416 e. The van der Waals surface area contributed by atoms with Gasteiger partial charge in [-0.1, -0.05) is 12.1 Å². The van der Waals surface area contributed by atoms with Gasteiger partial charge < -0.3 is 20.7 Å². The molecule has 48 heavy (non-hydrogen) atoms. The Morgan fingerprint density at radius 2 is 1.42 bits per heavy atom. The van der Waals surface area contributed by atoms with E-state index in [0.29, 0.717) is 62.6 Å². The Labute approximate surface area is 274 Å². The molecule has 0 atom stereocenters. The summed E-state index contributed by atoms with van der Waals surface area (Å²) in [7, 11) is -4.64. The van der Waals surface area contributed by atoms with Gasteiger partial charge in [-0.25, -0.2) is 22.9 Å². The van der Waals surface area contributed by atoms with Crippen LogP contribution in [0, 0.1) is 11.8 Å². The van der Waals surface area contributed by atoms with Gasteiger partial charge in [0.1, 0.15) is 11.4 Å². The highest BCUT2D eigenvalue weighted by Gasteiger charge is 2.38. The molecule has 4 rings (SSSR count). The van der Waals surface area contributed by atoms with E-state index in [1.165, 1.54) is 0 Å². The molecule has 0 bridgehead atoms. The molecule has 10 nitrogen and oxygen atoms in total. The van der Waals surface area contributed by atoms with E-state index in [1.807, 2.05) is 24.3 Å². The lowest BCUT2D eigenvalue weighted by Crippen LogP contribution is -2.35. The van der Waals surface area contributed by atoms with Gasteiger partial charge >= 0.3 is 18.4 Å². The number of nitrogens with one attached hydrogen (secondary N) is 4. The lowest BCUT2D eigenvalue weighted by molar-refractivity contribution is -0.143. The molecule has 0 unspecified atom stereocenters. The number of alkyl carbamates (subject to hydrolysis) is 1. The fourth-order valence-electron chi connectivity index (χ4n) is 5.22. The van der Waals surface area contributed by atoms with Gasteiger partial charge in [0.25, 0.3) is 0 Å². The number of nitrogens with zero attached hydrogens (tertiary/aromatic N) is 2. The summed E-state index contributed by atoms with van der Waals surface area (Å²) < 4.78 is 112. The van der Waals surface area contributed by atoms with Gasteiger partial charge in [-0.05, 0) is 88.6 Å². The van der Waals surface area contributed by atoms with Crippen molar-refractivity contribution >= 4 is 38.8 Å². The number of alkyl halides is 6. The van der Waals surface area contributed by atoms with E-state index in [-0.39, 0.29) is 36.6 Å². The van der Waals surface area contributed by atoms with Gasteiger partial charge in [0.05, 0.1) is 21.5 Å². The Morgan fingerprint density at radius 3 is 2.00 bits per heavy atom. The topological polar surface area (TPSA) is 134 Å². The van der Waals surface area contributed by atoms with Crippen molar-refractivity contribution in [2.24, 2.45) is 11.8 Å². The maximum atomic E-state index is 13.2. The average molecular weight is 705 g/mol. The standard InChI is InChI=1S/C31H38F6N6O4S/c1-29(2,3)47-28(44)39-13-12-38-26-24-6-4-5-7-25(24)42-27(43-26)40-17-19-8-10-20(11-9-19)18-41-48(45,46)23-15-21(30(32,33)34)14-22(16-23)31(35,36)37/h4-7,14-16,19-20,41H,8-13,17-18H2,1-3H3,(H,39,44)(H2,38,40,42,43). The number of aromatic nitrogens is 2. The summed E-state index contributed by atoms with van der Waals surface area (Å²) in [5.41, 5.74) is -3.30. The van der Waals surface area contributed by atoms with Crippen LogP contribution >= 0.6 is 0 Å². The molecule has 3 aromatic rings. The first-order valence-electron chi connectivity index (χ1n) is 15.3. The highest BCUT2D eigenvalue weighted by Crippen LogP contribution is 2.37. The minimum atomic E-state index is -5.16. The van der Waals surface area contributed by atoms with Gasteiger partial charge in [0.2, 0.25) is 16.0 Å². The van der Waals surface area contributed by atoms with Crippen molar-refractivity contribution in [3.05, 3.63) is 53.6 Å². The van der Waals surface area contributed by atoms with Gasteiger partial charge in [-0.3, -0.25) is 0 Å². The summed E-state index contributed by atoms with van der Waals surface area (Å²) in [6.45, 7) is 6.41. The van der Waals surface area contributed by atoms with Crippen molar-refractivity contribution in [1.29, 1.82) is 0 Å². The SMILES string of the molecule is CC(C)(C)OC(=O)NCCNc1nc(NCC2CCC(CNS(=O)(=O)c3cc(C(F)(F)F)cc(C(F)(F)F)c3)CC2)nc2ccccc12. The fourth-order valence-corrected chi connectivity index (χ4v) is 6.40. The van der Waals surface area contributed by atoms with E-state index >= 15 is 0 Å². The van der Waals surface area contributed by atoms with Crippen LogP contribution in [-0.4, -0.2) is 56.3 Å². The van der Waals surface area contributed by atoms with Crippen LogP contribution in [0.3, 0.4) is 0 Å². The number of carbonyl (C=O) groups is 1. The number of anilines is 2. The fraction of sp³-hybridized carbons (Fsp3) is 0.516. The van der Waals surface area contributed by atoms with E-state index in [9.17, 15) is 39.6 Å². The van der Waals surface area contributed by atoms with E-state index in [4.69, 9.17) is 4.74 Å². The van der Waals surface area contributed by atoms with Crippen LogP contribution in [0.4, 0.5) is 42.9 Å². The number of carbonyl (C=O) groups excluding carboxylic acids is 1. The van der Waals surface area contributed by atoms with Gasteiger partial charge in [0.15, 0.2) is 0 Å². The molecule has 1 aliphatic carbocycles. The molecule has 1 heterocycles. The molecule has 0 aliphatic heterocycles. The maximum absolute atomic E-state index is 13.2. The number of halogens is 6. The first kappa shape index (κ1) is 37.0. The second-order valence-electron chi connectivity index (χ2n) is 12.6. The van der Waals surface area contributed by atoms with Crippen LogP contribution in [0.5, 0.6) is 0 Å². The number of sulfonamides is 1. The number of ether oxygens (including phenoxy) is 1. The highest BCUT2D eigenvalue weighted by molar-refractivity contribution is 7.89. The molecule has 1 fully saturated rings. The number of fused-ring (bicyclic) bond motifs is 1. The molecule has 4 N–H and O–H groups in total. The van der Waals surface area contributed by atoms with Crippen molar-refractivity contribution < 1.29 is 44.3 Å². The van der Waals surface area contributed by atoms with Crippen molar-refractivity contribution in [3.8, 4) is 0 Å². The third kappa shape index (κ3) is 10.6. The number of benzene rings is 2. The normalized spacial score (nSPS) is 17.6. The molecule has 0 spiro atoms. The van der Waals surface area contributed by atoms with Crippen LogP contribution in [0.25, 0.3) is 10.9 Å². The summed E-state index contributed by atoms with van der Waals surface area (Å²) in [5, 5.41) is 9.96. The zero-order chi connectivity index (χ0) is 35.3. The number of hydrogen-bond acceptors (Lipinski definition) is 8. The molecule has 2 aromatic carbocycles. The van der Waals surface area contributed by atoms with Crippen LogP contribution in [0.1, 0.15) is 57.6 Å². The largest absolute Gasteiger partial charge is 0.444 e. The zero-order valence-corrected chi connectivity index (χ0v) is 27.4. The van der Waals surface area contributed by atoms with Crippen molar-refractivity contribution in [2.45, 2.75) is 69.3 Å². The quantitative estimate of drug-likeness (QED) is 0.127. The van der Waals surface area contributed by atoms with Crippen molar-refractivity contribution in [2.75, 3.05) is 36.8 Å². The van der Waals surface area contributed by atoms with Crippen molar-refractivity contribution in [1.82, 2.24) is 20.0 Å². The second-order valence-corrected chi connectivity index (χ2v) is 14.4. The predicted molar refractivity (Wildman–Crippen MR) is 168 cm³/mol. The maximum Gasteiger partial charge on any atom is 0.416 e. The Bertz CT molecular complexity index is 1660. The van der Waals surface area contributed by atoms with Crippen LogP contribution < -0.4 is 20.7 Å². The highest BCUT2D eigenvalue weighted by atomic mass is 32.2. The molecule has 1 saturated carbocycles. The Morgan fingerprint density at radius 1 is 0.833 bits per heavy atom. The first-order valence-corrected chi connectivity index (χ1v) is 16.8. The van der Waals surface area contributed by atoms with Crippen LogP contribution in [0.15, 0.2) is 47.4 Å². The van der Waals surface area contributed by atoms with Crippen LogP contribution in [-0.2, 0) is 27.1 Å². The van der Waals surface area contributed by atoms with E-state index in [2.05, 4.69) is 30.6 Å². The molecule has 264 valence electrons. The van der Waals surface area contributed by atoms with Crippen LogP contribution in [0.2, 0.25) is 0 Å². The predicted octanol–water partition coefficient (Wildman–Crippen LogP) is 6.80. The lowest BCUT2D eigenvalue weighted by atomic mass is 9.82. The number of hydrogen-bond donors (Lipinski definition) is 4. The summed E-state index contributed by atoms with van der Waals surface area (Å²) in [6, 6.07) is 7.74. The van der Waals surface area contributed by atoms with Gasteiger partial charge in [-0.2, -0.15) is 31.3 Å². The Balaban J connectivity index is 1.30. The molecule has 1 amide bonds. The summed E-state index contributed by atoms with van der Waals surface area (Å²) >= 11 is 0. The zero-order valence-electron chi connectivity index (χ0n) is 26.6. The minimum Gasteiger partial charge on any atom is -0.444 e. The third-order valence-electron chi connectivity index (χ3n) is 7.64. The van der Waals surface area contributed by atoms with Gasteiger partial charge in [-0.15, -0.1) is 0 Å². The Kier molecular flexibility index (Phi) is 11.3.